The van der Waals surface area contributed by atoms with E-state index in [1.165, 1.54) is 22.9 Å². The molecule has 1 aliphatic rings. The van der Waals surface area contributed by atoms with Crippen molar-refractivity contribution < 1.29 is 4.79 Å². The molecule has 140 valence electrons. The van der Waals surface area contributed by atoms with Gasteiger partial charge in [-0.2, -0.15) is 0 Å². The smallest absolute Gasteiger partial charge is 0.182 e. The van der Waals surface area contributed by atoms with Crippen LogP contribution >= 0.6 is 35.6 Å². The van der Waals surface area contributed by atoms with Gasteiger partial charge in [0.25, 0.3) is 0 Å². The molecule has 0 saturated heterocycles. The van der Waals surface area contributed by atoms with E-state index in [1.807, 2.05) is 31.2 Å². The highest BCUT2D eigenvalue weighted by atomic mass is 35.5. The molecule has 5 nitrogen and oxygen atoms in total. The summed E-state index contributed by atoms with van der Waals surface area (Å²) < 4.78 is 2.13. The fourth-order valence-electron chi connectivity index (χ4n) is 2.89. The van der Waals surface area contributed by atoms with Crippen LogP contribution in [0.25, 0.3) is 5.00 Å². The normalized spacial score (nSPS) is 12.3. The fraction of sp³-hybridized carbons (Fsp3) is 0.263. The van der Waals surface area contributed by atoms with Gasteiger partial charge in [0.05, 0.1) is 5.71 Å². The van der Waals surface area contributed by atoms with Crippen molar-refractivity contribution in [1.29, 1.82) is 0 Å². The van der Waals surface area contributed by atoms with Crippen molar-refractivity contribution in [2.45, 2.75) is 34.2 Å². The third-order valence-corrected chi connectivity index (χ3v) is 5.64. The maximum Gasteiger partial charge on any atom is 0.182 e. The quantitative estimate of drug-likeness (QED) is 0.581. The van der Waals surface area contributed by atoms with Gasteiger partial charge in [-0.3, -0.25) is 14.4 Å². The lowest BCUT2D eigenvalue weighted by Crippen LogP contribution is -2.07. The number of fused-ring (bicyclic) bond motifs is 3. The van der Waals surface area contributed by atoms with Gasteiger partial charge in [-0.15, -0.1) is 34.2 Å². The van der Waals surface area contributed by atoms with Crippen LogP contribution in [0.2, 0.25) is 5.02 Å². The number of carbonyl (C=O) groups excluding carboxylic acids is 1. The number of aliphatic imine (C=N–C) groups is 1. The van der Waals surface area contributed by atoms with Gasteiger partial charge in [0.15, 0.2) is 10.9 Å². The number of hydrogen-bond donors (Lipinski definition) is 1. The van der Waals surface area contributed by atoms with Crippen LogP contribution in [-0.4, -0.2) is 25.6 Å². The second-order valence-electron chi connectivity index (χ2n) is 6.15. The zero-order valence-corrected chi connectivity index (χ0v) is 17.9. The van der Waals surface area contributed by atoms with Gasteiger partial charge < -0.3 is 0 Å². The van der Waals surface area contributed by atoms with Crippen molar-refractivity contribution in [3.63, 3.8) is 0 Å². The van der Waals surface area contributed by atoms with E-state index in [1.54, 1.807) is 11.3 Å². The second kappa shape index (κ2) is 7.96. The molecule has 0 unspecified atom stereocenters. The molecule has 0 bridgehead atoms. The van der Waals surface area contributed by atoms with Gasteiger partial charge in [0.2, 0.25) is 0 Å². The number of thiophene rings is 1. The predicted octanol–water partition coefficient (Wildman–Crippen LogP) is 4.72. The number of aromatic nitrogens is 3. The van der Waals surface area contributed by atoms with Gasteiger partial charge in [-0.05, 0) is 38.5 Å². The van der Waals surface area contributed by atoms with E-state index in [2.05, 4.69) is 41.2 Å². The highest BCUT2D eigenvalue weighted by Gasteiger charge is 2.26. The van der Waals surface area contributed by atoms with Crippen LogP contribution in [0, 0.1) is 20.8 Å². The third-order valence-electron chi connectivity index (χ3n) is 4.19. The van der Waals surface area contributed by atoms with E-state index in [4.69, 9.17) is 16.6 Å². The number of hydrogen-bond acceptors (Lipinski definition) is 5. The largest absolute Gasteiger partial charge is 0.288 e. The van der Waals surface area contributed by atoms with Crippen molar-refractivity contribution in [2.24, 2.45) is 4.99 Å². The van der Waals surface area contributed by atoms with Gasteiger partial charge in [-0.25, -0.2) is 0 Å². The van der Waals surface area contributed by atoms with Crippen LogP contribution in [0.3, 0.4) is 0 Å². The summed E-state index contributed by atoms with van der Waals surface area (Å²) in [5.41, 5.74) is 4.52. The summed E-state index contributed by atoms with van der Waals surface area (Å²) in [4.78, 5) is 15.4. The SMILES string of the molecule is CC(=O)S.Cc1sc2c(c1C)C(c1ccc(Cl)cc1)=NCc1nnc(C)n1-2. The molecule has 0 fully saturated rings. The molecule has 0 N–H and O–H groups in total. The van der Waals surface area contributed by atoms with Crippen molar-refractivity contribution >= 4 is 46.4 Å². The summed E-state index contributed by atoms with van der Waals surface area (Å²) >= 11 is 11.1. The van der Waals surface area contributed by atoms with E-state index in [0.717, 1.165) is 32.9 Å². The summed E-state index contributed by atoms with van der Waals surface area (Å²) in [7, 11) is 0. The van der Waals surface area contributed by atoms with E-state index in [0.29, 0.717) is 6.54 Å². The standard InChI is InChI=1S/C17H15ClN4S.C2H4OS/c1-9-10(2)23-17-15(9)16(12-4-6-13(18)7-5-12)19-8-14-21-20-11(3)22(14)17;1-2(3)4/h4-7H,8H2,1-3H3;1H3,(H,3,4). The van der Waals surface area contributed by atoms with Gasteiger partial charge in [-0.1, -0.05) is 23.7 Å². The average molecular weight is 419 g/mol. The predicted molar refractivity (Wildman–Crippen MR) is 114 cm³/mol. The third kappa shape index (κ3) is 4.00. The molecule has 2 aromatic heterocycles. The summed E-state index contributed by atoms with van der Waals surface area (Å²) in [6, 6.07) is 7.86. The fourth-order valence-corrected chi connectivity index (χ4v) is 4.24. The van der Waals surface area contributed by atoms with E-state index >= 15 is 0 Å². The molecule has 1 aromatic carbocycles. The highest BCUT2D eigenvalue weighted by Crippen LogP contribution is 2.36. The number of thiol groups is 1. The van der Waals surface area contributed by atoms with E-state index in [9.17, 15) is 4.79 Å². The number of aryl methyl sites for hydroxylation is 2. The first-order chi connectivity index (χ1) is 12.8. The van der Waals surface area contributed by atoms with Crippen LogP contribution in [0.5, 0.6) is 0 Å². The van der Waals surface area contributed by atoms with Gasteiger partial charge >= 0.3 is 0 Å². The Kier molecular flexibility index (Phi) is 5.83. The summed E-state index contributed by atoms with van der Waals surface area (Å²) in [5.74, 6) is 1.78. The summed E-state index contributed by atoms with van der Waals surface area (Å²) in [6.45, 7) is 8.20. The van der Waals surface area contributed by atoms with Gasteiger partial charge in [0.1, 0.15) is 17.4 Å². The van der Waals surface area contributed by atoms with E-state index < -0.39 is 0 Å². The molecule has 4 rings (SSSR count). The Labute approximate surface area is 172 Å². The molecule has 0 saturated carbocycles. The second-order valence-corrected chi connectivity index (χ2v) is 8.42. The number of rotatable bonds is 1. The summed E-state index contributed by atoms with van der Waals surface area (Å²) in [6.07, 6.45) is 0. The number of halogens is 1. The summed E-state index contributed by atoms with van der Waals surface area (Å²) in [5, 5.41) is 10.3. The Balaban J connectivity index is 0.000000481. The van der Waals surface area contributed by atoms with Crippen molar-refractivity contribution in [1.82, 2.24) is 14.8 Å². The molecule has 1 aliphatic heterocycles. The molecule has 0 spiro atoms. The minimum atomic E-state index is -0.139. The lowest BCUT2D eigenvalue weighted by Gasteiger charge is -2.09. The zero-order chi connectivity index (χ0) is 19.7. The van der Waals surface area contributed by atoms with E-state index in [-0.39, 0.29) is 5.12 Å². The lowest BCUT2D eigenvalue weighted by molar-refractivity contribution is -0.108. The maximum atomic E-state index is 9.31. The van der Waals surface area contributed by atoms with Crippen LogP contribution in [0.1, 0.15) is 40.1 Å². The minimum absolute atomic E-state index is 0.139. The van der Waals surface area contributed by atoms with Crippen molar-refractivity contribution in [3.05, 3.63) is 62.5 Å². The Morgan fingerprint density at radius 3 is 2.44 bits per heavy atom. The topological polar surface area (TPSA) is 60.1 Å². The van der Waals surface area contributed by atoms with Crippen LogP contribution in [-0.2, 0) is 11.3 Å². The van der Waals surface area contributed by atoms with Crippen molar-refractivity contribution in [2.75, 3.05) is 0 Å². The Morgan fingerprint density at radius 2 is 1.81 bits per heavy atom. The number of nitrogens with zero attached hydrogens (tertiary/aromatic N) is 4. The molecule has 3 aromatic rings. The molecule has 0 radical (unpaired) electrons. The monoisotopic (exact) mass is 418 g/mol. The number of carbonyl (C=O) groups is 1. The first kappa shape index (κ1) is 19.8. The van der Waals surface area contributed by atoms with Crippen LogP contribution < -0.4 is 0 Å². The molecule has 0 atom stereocenters. The molecular weight excluding hydrogens is 400 g/mol. The molecule has 0 aliphatic carbocycles. The Bertz CT molecular complexity index is 1030. The molecule has 3 heterocycles. The Morgan fingerprint density at radius 1 is 1.19 bits per heavy atom. The molecule has 8 heteroatoms. The first-order valence-corrected chi connectivity index (χ1v) is 9.95. The van der Waals surface area contributed by atoms with Crippen LogP contribution in [0.15, 0.2) is 29.3 Å². The van der Waals surface area contributed by atoms with Gasteiger partial charge in [0, 0.05) is 28.0 Å². The Hall–Kier alpha value is -1.96. The van der Waals surface area contributed by atoms with Crippen LogP contribution in [0.4, 0.5) is 0 Å². The maximum absolute atomic E-state index is 9.31. The number of benzene rings is 1. The lowest BCUT2D eigenvalue weighted by atomic mass is 10.00. The van der Waals surface area contributed by atoms with Crippen molar-refractivity contribution in [3.8, 4) is 5.00 Å². The minimum Gasteiger partial charge on any atom is -0.288 e. The molecule has 27 heavy (non-hydrogen) atoms. The molecule has 0 amide bonds. The zero-order valence-electron chi connectivity index (χ0n) is 15.4. The molecular formula is C19H19ClN4OS2. The average Bonchev–Trinajstić information content (AvgIpc) is 3.04. The highest BCUT2D eigenvalue weighted by molar-refractivity contribution is 7.96. The first-order valence-electron chi connectivity index (χ1n) is 8.31.